The fraction of sp³-hybridized carbons (Fsp3) is 0.231. The standard InChI is InChI=1S/C13H13BBrNO2/c1-8-13(2,3)18-14(17-8)11-7-9-5-4-6-10(15)12(9)16-11/h4-7,16H,1H2,2-3H3. The molecule has 1 aliphatic heterocycles. The zero-order chi connectivity index (χ0) is 12.9. The molecule has 0 aliphatic carbocycles. The minimum atomic E-state index is -0.445. The van der Waals surface area contributed by atoms with Crippen molar-refractivity contribution >= 4 is 39.5 Å². The Morgan fingerprint density at radius 1 is 1.39 bits per heavy atom. The molecule has 1 aliphatic rings. The summed E-state index contributed by atoms with van der Waals surface area (Å²) in [5.41, 5.74) is 1.51. The van der Waals surface area contributed by atoms with Crippen molar-refractivity contribution in [2.24, 2.45) is 0 Å². The quantitative estimate of drug-likeness (QED) is 0.822. The van der Waals surface area contributed by atoms with Crippen LogP contribution in [-0.2, 0) is 9.31 Å². The first-order valence-electron chi connectivity index (χ1n) is 5.78. The van der Waals surface area contributed by atoms with Crippen molar-refractivity contribution in [1.29, 1.82) is 0 Å². The Kier molecular flexibility index (Phi) is 2.57. The number of H-pyrrole nitrogens is 1. The van der Waals surface area contributed by atoms with E-state index in [9.17, 15) is 0 Å². The van der Waals surface area contributed by atoms with Gasteiger partial charge in [-0.05, 0) is 41.9 Å². The number of nitrogens with one attached hydrogen (secondary N) is 1. The van der Waals surface area contributed by atoms with Gasteiger partial charge in [0.25, 0.3) is 0 Å². The molecule has 1 N–H and O–H groups in total. The van der Waals surface area contributed by atoms with Crippen LogP contribution in [0.2, 0.25) is 0 Å². The van der Waals surface area contributed by atoms with Gasteiger partial charge in [0.15, 0.2) is 0 Å². The predicted octanol–water partition coefficient (Wildman–Crippen LogP) is 2.96. The van der Waals surface area contributed by atoms with Crippen LogP contribution >= 0.6 is 15.9 Å². The molecule has 2 aromatic rings. The summed E-state index contributed by atoms with van der Waals surface area (Å²) < 4.78 is 12.5. The number of hydrogen-bond donors (Lipinski definition) is 1. The first-order valence-corrected chi connectivity index (χ1v) is 6.58. The van der Waals surface area contributed by atoms with Crippen molar-refractivity contribution in [1.82, 2.24) is 4.98 Å². The highest BCUT2D eigenvalue weighted by Gasteiger charge is 2.43. The SMILES string of the molecule is C=C1OB(c2cc3cccc(Br)c3[nH]2)OC1(C)C. The number of aromatic nitrogens is 1. The van der Waals surface area contributed by atoms with E-state index in [1.54, 1.807) is 0 Å². The second-order valence-electron chi connectivity index (χ2n) is 4.93. The third-order valence-corrected chi connectivity index (χ3v) is 3.86. The summed E-state index contributed by atoms with van der Waals surface area (Å²) in [4.78, 5) is 3.33. The van der Waals surface area contributed by atoms with Gasteiger partial charge in [-0.15, -0.1) is 0 Å². The molecule has 1 saturated heterocycles. The van der Waals surface area contributed by atoms with Crippen LogP contribution < -0.4 is 5.59 Å². The third-order valence-electron chi connectivity index (χ3n) is 3.20. The van der Waals surface area contributed by atoms with Gasteiger partial charge in [-0.25, -0.2) is 0 Å². The van der Waals surface area contributed by atoms with Gasteiger partial charge in [-0.3, -0.25) is 0 Å². The fourth-order valence-electron chi connectivity index (χ4n) is 2.02. The Morgan fingerprint density at radius 3 is 2.78 bits per heavy atom. The van der Waals surface area contributed by atoms with Crippen molar-refractivity contribution in [2.75, 3.05) is 0 Å². The molecule has 0 atom stereocenters. The summed E-state index contributed by atoms with van der Waals surface area (Å²) in [5.74, 6) is 0.658. The van der Waals surface area contributed by atoms with Crippen LogP contribution in [0.4, 0.5) is 0 Å². The van der Waals surface area contributed by atoms with Crippen LogP contribution in [0.15, 0.2) is 41.1 Å². The van der Waals surface area contributed by atoms with Gasteiger partial charge >= 0.3 is 7.12 Å². The number of hydrogen-bond acceptors (Lipinski definition) is 2. The summed E-state index contributed by atoms with van der Waals surface area (Å²) in [5, 5.41) is 1.13. The van der Waals surface area contributed by atoms with Gasteiger partial charge in [0, 0.05) is 9.86 Å². The van der Waals surface area contributed by atoms with Crippen LogP contribution in [0.3, 0.4) is 0 Å². The second-order valence-corrected chi connectivity index (χ2v) is 5.78. The van der Waals surface area contributed by atoms with E-state index in [0.717, 1.165) is 21.0 Å². The lowest BCUT2D eigenvalue weighted by Gasteiger charge is -2.15. The maximum atomic E-state index is 5.85. The highest BCUT2D eigenvalue weighted by molar-refractivity contribution is 9.10. The van der Waals surface area contributed by atoms with E-state index >= 15 is 0 Å². The summed E-state index contributed by atoms with van der Waals surface area (Å²) >= 11 is 3.52. The van der Waals surface area contributed by atoms with E-state index in [2.05, 4.69) is 33.6 Å². The van der Waals surface area contributed by atoms with Crippen molar-refractivity contribution in [3.63, 3.8) is 0 Å². The van der Waals surface area contributed by atoms with Crippen LogP contribution in [0.5, 0.6) is 0 Å². The lowest BCUT2D eigenvalue weighted by atomic mass is 9.85. The molecular formula is C13H13BBrNO2. The summed E-state index contributed by atoms with van der Waals surface area (Å²) in [6.45, 7) is 7.79. The van der Waals surface area contributed by atoms with Gasteiger partial charge in [0.2, 0.25) is 0 Å². The molecule has 0 amide bonds. The summed E-state index contributed by atoms with van der Waals surface area (Å²) in [6, 6.07) is 8.10. The van der Waals surface area contributed by atoms with Crippen molar-refractivity contribution in [3.05, 3.63) is 41.1 Å². The molecule has 18 heavy (non-hydrogen) atoms. The number of aromatic amines is 1. The minimum absolute atomic E-state index is 0.410. The maximum absolute atomic E-state index is 5.85. The van der Waals surface area contributed by atoms with Crippen LogP contribution in [-0.4, -0.2) is 17.7 Å². The maximum Gasteiger partial charge on any atom is 0.580 e. The third kappa shape index (κ3) is 1.78. The molecule has 0 spiro atoms. The molecule has 3 nitrogen and oxygen atoms in total. The molecule has 1 aromatic heterocycles. The number of rotatable bonds is 1. The van der Waals surface area contributed by atoms with Crippen molar-refractivity contribution in [3.8, 4) is 0 Å². The van der Waals surface area contributed by atoms with E-state index in [-0.39, 0.29) is 0 Å². The molecule has 0 bridgehead atoms. The molecule has 0 saturated carbocycles. The van der Waals surface area contributed by atoms with Gasteiger partial charge in [-0.2, -0.15) is 0 Å². The molecular weight excluding hydrogens is 293 g/mol. The largest absolute Gasteiger partial charge is 0.580 e. The number of benzene rings is 1. The van der Waals surface area contributed by atoms with E-state index < -0.39 is 12.7 Å². The Hall–Kier alpha value is -1.20. The Morgan fingerprint density at radius 2 is 2.17 bits per heavy atom. The van der Waals surface area contributed by atoms with E-state index in [0.29, 0.717) is 5.76 Å². The summed E-state index contributed by atoms with van der Waals surface area (Å²) in [6.07, 6.45) is 0. The normalized spacial score (nSPS) is 18.4. The van der Waals surface area contributed by atoms with Crippen molar-refractivity contribution in [2.45, 2.75) is 19.4 Å². The zero-order valence-corrected chi connectivity index (χ0v) is 11.9. The van der Waals surface area contributed by atoms with E-state index in [1.807, 2.05) is 32.0 Å². The Balaban J connectivity index is 2.01. The molecule has 2 heterocycles. The smallest absolute Gasteiger partial charge is 0.533 e. The second kappa shape index (κ2) is 3.90. The van der Waals surface area contributed by atoms with Gasteiger partial charge in [0.1, 0.15) is 5.60 Å². The highest BCUT2D eigenvalue weighted by Crippen LogP contribution is 2.30. The fourth-order valence-corrected chi connectivity index (χ4v) is 2.50. The predicted molar refractivity (Wildman–Crippen MR) is 76.8 cm³/mol. The molecule has 92 valence electrons. The minimum Gasteiger partial charge on any atom is -0.533 e. The lowest BCUT2D eigenvalue weighted by molar-refractivity contribution is 0.173. The van der Waals surface area contributed by atoms with E-state index in [4.69, 9.17) is 9.31 Å². The van der Waals surface area contributed by atoms with E-state index in [1.165, 1.54) is 0 Å². The molecule has 3 rings (SSSR count). The van der Waals surface area contributed by atoms with Crippen LogP contribution in [0, 0.1) is 0 Å². The molecule has 1 fully saturated rings. The summed E-state index contributed by atoms with van der Waals surface area (Å²) in [7, 11) is -0.410. The molecule has 0 unspecified atom stereocenters. The number of para-hydroxylation sites is 1. The topological polar surface area (TPSA) is 34.2 Å². The first kappa shape index (κ1) is 11.9. The van der Waals surface area contributed by atoms with Crippen LogP contribution in [0.1, 0.15) is 13.8 Å². The van der Waals surface area contributed by atoms with Crippen LogP contribution in [0.25, 0.3) is 10.9 Å². The first-order chi connectivity index (χ1) is 8.47. The average molecular weight is 306 g/mol. The van der Waals surface area contributed by atoms with Crippen molar-refractivity contribution < 1.29 is 9.31 Å². The lowest BCUT2D eigenvalue weighted by Crippen LogP contribution is -2.35. The molecule has 0 radical (unpaired) electrons. The van der Waals surface area contributed by atoms with Gasteiger partial charge in [-0.1, -0.05) is 18.7 Å². The Bertz CT molecular complexity index is 635. The number of halogens is 1. The zero-order valence-electron chi connectivity index (χ0n) is 10.3. The average Bonchev–Trinajstić information content (AvgIpc) is 2.82. The Labute approximate surface area is 114 Å². The molecule has 1 aromatic carbocycles. The highest BCUT2D eigenvalue weighted by atomic mass is 79.9. The molecule has 5 heteroatoms. The van der Waals surface area contributed by atoms with Gasteiger partial charge < -0.3 is 14.3 Å². The monoisotopic (exact) mass is 305 g/mol. The van der Waals surface area contributed by atoms with Gasteiger partial charge in [0.05, 0.1) is 16.9 Å². The number of fused-ring (bicyclic) bond motifs is 1.